The number of nitrogens with one attached hydrogen (secondary N) is 2. The quantitative estimate of drug-likeness (QED) is 0.688. The Morgan fingerprint density at radius 2 is 1.80 bits per heavy atom. The van der Waals surface area contributed by atoms with Crippen LogP contribution in [0.3, 0.4) is 0 Å². The van der Waals surface area contributed by atoms with E-state index in [1.54, 1.807) is 0 Å². The highest BCUT2D eigenvalue weighted by molar-refractivity contribution is 5.85. The van der Waals surface area contributed by atoms with Gasteiger partial charge in [-0.15, -0.1) is 12.4 Å². The monoisotopic (exact) mass is 298 g/mol. The standard InChI is InChI=1S/C16H26N2O.ClH/c1-3-17-12-13-18-16(19)7-5-4-6-15-10-8-14(2)9-11-15;/h8-11,17H,3-7,12-13H2,1-2H3,(H,18,19);1H. The molecule has 3 nitrogen and oxygen atoms in total. The summed E-state index contributed by atoms with van der Waals surface area (Å²) in [7, 11) is 0. The number of likely N-dealkylation sites (N-methyl/N-ethyl adjacent to an activating group) is 1. The maximum absolute atomic E-state index is 11.5. The fourth-order valence-electron chi connectivity index (χ4n) is 1.92. The molecule has 0 heterocycles. The number of halogens is 1. The number of carbonyl (C=O) groups excluding carboxylic acids is 1. The average molecular weight is 299 g/mol. The van der Waals surface area contributed by atoms with Crippen LogP contribution in [0.5, 0.6) is 0 Å². The summed E-state index contributed by atoms with van der Waals surface area (Å²) < 4.78 is 0. The van der Waals surface area contributed by atoms with Gasteiger partial charge in [0.15, 0.2) is 0 Å². The summed E-state index contributed by atoms with van der Waals surface area (Å²) in [5, 5.41) is 6.10. The third kappa shape index (κ3) is 8.94. The SMILES string of the molecule is CCNCCNC(=O)CCCCc1ccc(C)cc1.Cl. The molecule has 1 rings (SSSR count). The van der Waals surface area contributed by atoms with Crippen molar-refractivity contribution in [3.63, 3.8) is 0 Å². The Morgan fingerprint density at radius 3 is 2.45 bits per heavy atom. The molecule has 0 unspecified atom stereocenters. The number of amides is 1. The Labute approximate surface area is 128 Å². The maximum Gasteiger partial charge on any atom is 0.220 e. The van der Waals surface area contributed by atoms with E-state index in [1.165, 1.54) is 11.1 Å². The van der Waals surface area contributed by atoms with E-state index in [-0.39, 0.29) is 18.3 Å². The van der Waals surface area contributed by atoms with Crippen molar-refractivity contribution in [2.24, 2.45) is 0 Å². The van der Waals surface area contributed by atoms with E-state index in [1.807, 2.05) is 0 Å². The molecule has 4 heteroatoms. The zero-order valence-electron chi connectivity index (χ0n) is 12.6. The van der Waals surface area contributed by atoms with Crippen molar-refractivity contribution in [2.45, 2.75) is 39.5 Å². The van der Waals surface area contributed by atoms with E-state index in [4.69, 9.17) is 0 Å². The van der Waals surface area contributed by atoms with E-state index in [2.05, 4.69) is 48.7 Å². The van der Waals surface area contributed by atoms with Gasteiger partial charge in [-0.05, 0) is 38.3 Å². The summed E-state index contributed by atoms with van der Waals surface area (Å²) in [5.74, 6) is 0.168. The average Bonchev–Trinajstić information content (AvgIpc) is 2.42. The van der Waals surface area contributed by atoms with Gasteiger partial charge in [0, 0.05) is 19.5 Å². The minimum atomic E-state index is 0. The molecule has 0 saturated heterocycles. The Hall–Kier alpha value is -1.06. The molecule has 0 fully saturated rings. The van der Waals surface area contributed by atoms with Crippen LogP contribution in [0.25, 0.3) is 0 Å². The second-order valence-electron chi connectivity index (χ2n) is 4.90. The van der Waals surface area contributed by atoms with Gasteiger partial charge in [-0.25, -0.2) is 0 Å². The Kier molecular flexibility index (Phi) is 11.1. The molecule has 2 N–H and O–H groups in total. The molecular formula is C16H27ClN2O. The number of hydrogen-bond acceptors (Lipinski definition) is 2. The number of aryl methyl sites for hydroxylation is 2. The van der Waals surface area contributed by atoms with E-state index < -0.39 is 0 Å². The van der Waals surface area contributed by atoms with Crippen LogP contribution >= 0.6 is 12.4 Å². The largest absolute Gasteiger partial charge is 0.355 e. The summed E-state index contributed by atoms with van der Waals surface area (Å²) in [6, 6.07) is 8.63. The van der Waals surface area contributed by atoms with Gasteiger partial charge in [0.1, 0.15) is 0 Å². The number of unbranched alkanes of at least 4 members (excludes halogenated alkanes) is 1. The van der Waals surface area contributed by atoms with Gasteiger partial charge in [0.2, 0.25) is 5.91 Å². The fraction of sp³-hybridized carbons (Fsp3) is 0.562. The van der Waals surface area contributed by atoms with E-state index >= 15 is 0 Å². The molecular weight excluding hydrogens is 272 g/mol. The summed E-state index contributed by atoms with van der Waals surface area (Å²) in [6.07, 6.45) is 3.73. The summed E-state index contributed by atoms with van der Waals surface area (Å²) in [6.45, 7) is 6.69. The normalized spacial score (nSPS) is 9.90. The third-order valence-corrected chi connectivity index (χ3v) is 3.11. The highest BCUT2D eigenvalue weighted by Crippen LogP contribution is 2.08. The first kappa shape index (κ1) is 18.9. The zero-order chi connectivity index (χ0) is 13.9. The molecule has 1 amide bonds. The van der Waals surface area contributed by atoms with Gasteiger partial charge < -0.3 is 10.6 Å². The fourth-order valence-corrected chi connectivity index (χ4v) is 1.92. The van der Waals surface area contributed by atoms with Crippen LogP contribution in [0.1, 0.15) is 37.3 Å². The molecule has 0 radical (unpaired) electrons. The first-order valence-corrected chi connectivity index (χ1v) is 7.25. The minimum absolute atomic E-state index is 0. The van der Waals surface area contributed by atoms with E-state index in [0.717, 1.165) is 38.9 Å². The second kappa shape index (κ2) is 11.7. The Bertz CT molecular complexity index is 365. The lowest BCUT2D eigenvalue weighted by atomic mass is 10.1. The molecule has 0 aliphatic rings. The molecule has 0 spiro atoms. The lowest BCUT2D eigenvalue weighted by Gasteiger charge is -2.05. The molecule has 0 bridgehead atoms. The molecule has 0 aromatic heterocycles. The Balaban J connectivity index is 0.00000361. The second-order valence-corrected chi connectivity index (χ2v) is 4.90. The number of carbonyl (C=O) groups is 1. The van der Waals surface area contributed by atoms with Gasteiger partial charge >= 0.3 is 0 Å². The predicted molar refractivity (Wildman–Crippen MR) is 87.5 cm³/mol. The number of hydrogen-bond donors (Lipinski definition) is 2. The first-order chi connectivity index (χ1) is 9.22. The van der Waals surface area contributed by atoms with Crippen LogP contribution in [0.2, 0.25) is 0 Å². The van der Waals surface area contributed by atoms with Gasteiger partial charge in [-0.2, -0.15) is 0 Å². The van der Waals surface area contributed by atoms with Crippen LogP contribution in [-0.4, -0.2) is 25.5 Å². The Morgan fingerprint density at radius 1 is 1.10 bits per heavy atom. The molecule has 1 aromatic carbocycles. The van der Waals surface area contributed by atoms with Gasteiger partial charge in [-0.1, -0.05) is 36.8 Å². The predicted octanol–water partition coefficient (Wildman–Crippen LogP) is 2.86. The summed E-state index contributed by atoms with van der Waals surface area (Å²) in [5.41, 5.74) is 2.65. The van der Waals surface area contributed by atoms with Crippen LogP contribution in [0.15, 0.2) is 24.3 Å². The lowest BCUT2D eigenvalue weighted by molar-refractivity contribution is -0.121. The minimum Gasteiger partial charge on any atom is -0.355 e. The highest BCUT2D eigenvalue weighted by atomic mass is 35.5. The van der Waals surface area contributed by atoms with Crippen LogP contribution in [-0.2, 0) is 11.2 Å². The highest BCUT2D eigenvalue weighted by Gasteiger charge is 2.00. The third-order valence-electron chi connectivity index (χ3n) is 3.11. The topological polar surface area (TPSA) is 41.1 Å². The lowest BCUT2D eigenvalue weighted by Crippen LogP contribution is -2.31. The molecule has 0 atom stereocenters. The van der Waals surface area contributed by atoms with Crippen molar-refractivity contribution in [3.05, 3.63) is 35.4 Å². The molecule has 0 aliphatic heterocycles. The smallest absolute Gasteiger partial charge is 0.220 e. The first-order valence-electron chi connectivity index (χ1n) is 7.25. The van der Waals surface area contributed by atoms with Gasteiger partial charge in [0.25, 0.3) is 0 Å². The molecule has 1 aromatic rings. The van der Waals surface area contributed by atoms with Crippen molar-refractivity contribution in [2.75, 3.05) is 19.6 Å². The zero-order valence-corrected chi connectivity index (χ0v) is 13.4. The molecule has 114 valence electrons. The van der Waals surface area contributed by atoms with Crippen molar-refractivity contribution in [1.29, 1.82) is 0 Å². The van der Waals surface area contributed by atoms with E-state index in [9.17, 15) is 4.79 Å². The molecule has 20 heavy (non-hydrogen) atoms. The van der Waals surface area contributed by atoms with Crippen molar-refractivity contribution < 1.29 is 4.79 Å². The van der Waals surface area contributed by atoms with Crippen molar-refractivity contribution in [3.8, 4) is 0 Å². The summed E-state index contributed by atoms with van der Waals surface area (Å²) in [4.78, 5) is 11.5. The summed E-state index contributed by atoms with van der Waals surface area (Å²) >= 11 is 0. The van der Waals surface area contributed by atoms with Crippen molar-refractivity contribution >= 4 is 18.3 Å². The van der Waals surface area contributed by atoms with Crippen LogP contribution in [0.4, 0.5) is 0 Å². The molecule has 0 saturated carbocycles. The van der Waals surface area contributed by atoms with E-state index in [0.29, 0.717) is 6.42 Å². The molecule has 0 aliphatic carbocycles. The van der Waals surface area contributed by atoms with Crippen molar-refractivity contribution in [1.82, 2.24) is 10.6 Å². The van der Waals surface area contributed by atoms with Gasteiger partial charge in [-0.3, -0.25) is 4.79 Å². The van der Waals surface area contributed by atoms with Gasteiger partial charge in [0.05, 0.1) is 0 Å². The number of benzene rings is 1. The van der Waals surface area contributed by atoms with Crippen LogP contribution < -0.4 is 10.6 Å². The van der Waals surface area contributed by atoms with Crippen LogP contribution in [0, 0.1) is 6.92 Å². The number of rotatable bonds is 9. The maximum atomic E-state index is 11.5.